The Labute approximate surface area is 176 Å². The van der Waals surface area contributed by atoms with E-state index in [1.807, 2.05) is 30.3 Å². The molecule has 0 spiro atoms. The third-order valence-corrected chi connectivity index (χ3v) is 5.05. The fraction of sp³-hybridized carbons (Fsp3) is 0.667. The fourth-order valence-corrected chi connectivity index (χ4v) is 3.26. The maximum atomic E-state index is 12.5. The molecule has 1 aromatic carbocycles. The highest BCUT2D eigenvalue weighted by Gasteiger charge is 2.21. The summed E-state index contributed by atoms with van der Waals surface area (Å²) in [5.74, 6) is -0.430. The lowest BCUT2D eigenvalue weighted by Gasteiger charge is -2.18. The van der Waals surface area contributed by atoms with Crippen LogP contribution in [0.5, 0.6) is 0 Å². The highest BCUT2D eigenvalue weighted by Crippen LogP contribution is 2.11. The Hall–Kier alpha value is -1.88. The minimum absolute atomic E-state index is 0.0645. The molecule has 29 heavy (non-hydrogen) atoms. The summed E-state index contributed by atoms with van der Waals surface area (Å²) in [5.41, 5.74) is 6.49. The largest absolute Gasteiger partial charge is 0.459 e. The zero-order valence-corrected chi connectivity index (χ0v) is 18.2. The lowest BCUT2D eigenvalue weighted by atomic mass is 10.1. The third-order valence-electron chi connectivity index (χ3n) is 5.05. The molecule has 0 aromatic heterocycles. The number of amides is 1. The molecule has 0 radical (unpaired) electrons. The van der Waals surface area contributed by atoms with Crippen molar-refractivity contribution < 1.29 is 14.3 Å². The van der Waals surface area contributed by atoms with Gasteiger partial charge in [-0.1, -0.05) is 82.2 Å². The number of benzene rings is 1. The first kappa shape index (κ1) is 25.2. The molecule has 3 N–H and O–H groups in total. The number of nitrogens with one attached hydrogen (secondary N) is 1. The van der Waals surface area contributed by atoms with E-state index >= 15 is 0 Å². The SMILES string of the molecule is CCCCCCCCCCC(=O)N[C@@H](CCCCN)C(=O)OCc1ccccc1. The first-order valence-corrected chi connectivity index (χ1v) is 11.4. The number of ether oxygens (including phenoxy) is 1. The number of carbonyl (C=O) groups excluding carboxylic acids is 2. The van der Waals surface area contributed by atoms with E-state index in [0.29, 0.717) is 19.4 Å². The lowest BCUT2D eigenvalue weighted by molar-refractivity contribution is -0.149. The number of rotatable bonds is 17. The van der Waals surface area contributed by atoms with Crippen LogP contribution in [0.25, 0.3) is 0 Å². The molecule has 5 nitrogen and oxygen atoms in total. The van der Waals surface area contributed by atoms with Crippen LogP contribution in [-0.4, -0.2) is 24.5 Å². The Bertz CT molecular complexity index is 548. The van der Waals surface area contributed by atoms with Gasteiger partial charge in [0.25, 0.3) is 0 Å². The molecule has 0 aliphatic heterocycles. The quantitative estimate of drug-likeness (QED) is 0.286. The van der Waals surface area contributed by atoms with Crippen molar-refractivity contribution in [2.45, 2.75) is 96.6 Å². The predicted molar refractivity (Wildman–Crippen MR) is 118 cm³/mol. The summed E-state index contributed by atoms with van der Waals surface area (Å²) in [6, 6.07) is 8.98. The Morgan fingerprint density at radius 2 is 1.59 bits per heavy atom. The van der Waals surface area contributed by atoms with Crippen LogP contribution in [0.4, 0.5) is 0 Å². The standard InChI is InChI=1S/C24H40N2O3/c1-2-3-4-5-6-7-8-12-18-23(27)26-22(17-13-14-19-25)24(28)29-20-21-15-10-9-11-16-21/h9-11,15-16,22H,2-8,12-14,17-20,25H2,1H3,(H,26,27)/t22-/m0/s1. The van der Waals surface area contributed by atoms with E-state index < -0.39 is 6.04 Å². The average molecular weight is 405 g/mol. The van der Waals surface area contributed by atoms with Crippen LogP contribution in [-0.2, 0) is 20.9 Å². The van der Waals surface area contributed by atoms with Gasteiger partial charge < -0.3 is 15.8 Å². The minimum Gasteiger partial charge on any atom is -0.459 e. The van der Waals surface area contributed by atoms with Gasteiger partial charge >= 0.3 is 5.97 Å². The molecule has 0 aliphatic rings. The summed E-state index contributed by atoms with van der Waals surface area (Å²) in [7, 11) is 0. The van der Waals surface area contributed by atoms with Crippen molar-refractivity contribution in [3.8, 4) is 0 Å². The first-order valence-electron chi connectivity index (χ1n) is 11.4. The van der Waals surface area contributed by atoms with E-state index in [4.69, 9.17) is 10.5 Å². The number of carbonyl (C=O) groups is 2. The van der Waals surface area contributed by atoms with Crippen LogP contribution < -0.4 is 11.1 Å². The topological polar surface area (TPSA) is 81.4 Å². The van der Waals surface area contributed by atoms with Gasteiger partial charge in [-0.3, -0.25) is 4.79 Å². The van der Waals surface area contributed by atoms with Gasteiger partial charge in [-0.15, -0.1) is 0 Å². The Balaban J connectivity index is 2.32. The van der Waals surface area contributed by atoms with Crippen LogP contribution in [0, 0.1) is 0 Å². The van der Waals surface area contributed by atoms with Crippen molar-refractivity contribution in [1.29, 1.82) is 0 Å². The van der Waals surface area contributed by atoms with Crippen LogP contribution in [0.3, 0.4) is 0 Å². The molecule has 0 unspecified atom stereocenters. The molecule has 0 bridgehead atoms. The van der Waals surface area contributed by atoms with Gasteiger partial charge in [-0.05, 0) is 37.8 Å². The summed E-state index contributed by atoms with van der Waals surface area (Å²) in [4.78, 5) is 24.8. The molecule has 0 fully saturated rings. The lowest BCUT2D eigenvalue weighted by Crippen LogP contribution is -2.41. The molecule has 5 heteroatoms. The summed E-state index contributed by atoms with van der Waals surface area (Å²) in [5, 5.41) is 2.88. The number of hydrogen-bond acceptors (Lipinski definition) is 4. The van der Waals surface area contributed by atoms with Crippen LogP contribution in [0.15, 0.2) is 30.3 Å². The molecule has 1 amide bonds. The van der Waals surface area contributed by atoms with Crippen LogP contribution >= 0.6 is 0 Å². The number of hydrogen-bond donors (Lipinski definition) is 2. The molecular formula is C24H40N2O3. The maximum Gasteiger partial charge on any atom is 0.328 e. The molecule has 0 saturated carbocycles. The third kappa shape index (κ3) is 13.1. The van der Waals surface area contributed by atoms with Gasteiger partial charge in [0.05, 0.1) is 0 Å². The number of unbranched alkanes of at least 4 members (excludes halogenated alkanes) is 8. The predicted octanol–water partition coefficient (Wildman–Crippen LogP) is 4.87. The summed E-state index contributed by atoms with van der Waals surface area (Å²) in [6.07, 6.45) is 12.2. The van der Waals surface area contributed by atoms with Gasteiger partial charge in [-0.2, -0.15) is 0 Å². The Morgan fingerprint density at radius 1 is 0.931 bits per heavy atom. The second-order valence-electron chi connectivity index (χ2n) is 7.72. The zero-order chi connectivity index (χ0) is 21.2. The molecule has 0 aliphatic carbocycles. The Morgan fingerprint density at radius 3 is 2.24 bits per heavy atom. The first-order chi connectivity index (χ1) is 14.2. The van der Waals surface area contributed by atoms with Crippen LogP contribution in [0.1, 0.15) is 89.5 Å². The van der Waals surface area contributed by atoms with Crippen molar-refractivity contribution in [2.75, 3.05) is 6.54 Å². The molecule has 1 aromatic rings. The van der Waals surface area contributed by atoms with E-state index in [1.165, 1.54) is 38.5 Å². The summed E-state index contributed by atoms with van der Waals surface area (Å²) < 4.78 is 5.43. The monoisotopic (exact) mass is 404 g/mol. The van der Waals surface area contributed by atoms with E-state index in [0.717, 1.165) is 31.2 Å². The van der Waals surface area contributed by atoms with Crippen molar-refractivity contribution in [3.63, 3.8) is 0 Å². The summed E-state index contributed by atoms with van der Waals surface area (Å²) in [6.45, 7) is 3.03. The molecule has 1 rings (SSSR count). The molecular weight excluding hydrogens is 364 g/mol. The van der Waals surface area contributed by atoms with Crippen molar-refractivity contribution >= 4 is 11.9 Å². The van der Waals surface area contributed by atoms with Gasteiger partial charge in [0, 0.05) is 6.42 Å². The second-order valence-corrected chi connectivity index (χ2v) is 7.72. The Kier molecular flexibility index (Phi) is 14.8. The van der Waals surface area contributed by atoms with Gasteiger partial charge in [0.2, 0.25) is 5.91 Å². The number of nitrogens with two attached hydrogens (primary N) is 1. The van der Waals surface area contributed by atoms with E-state index in [-0.39, 0.29) is 18.5 Å². The van der Waals surface area contributed by atoms with Crippen molar-refractivity contribution in [2.24, 2.45) is 5.73 Å². The van der Waals surface area contributed by atoms with Gasteiger partial charge in [-0.25, -0.2) is 4.79 Å². The second kappa shape index (κ2) is 17.0. The minimum atomic E-state index is -0.591. The highest BCUT2D eigenvalue weighted by molar-refractivity contribution is 5.84. The molecule has 0 saturated heterocycles. The summed E-state index contributed by atoms with van der Waals surface area (Å²) >= 11 is 0. The smallest absolute Gasteiger partial charge is 0.328 e. The maximum absolute atomic E-state index is 12.5. The van der Waals surface area contributed by atoms with Crippen molar-refractivity contribution in [3.05, 3.63) is 35.9 Å². The zero-order valence-electron chi connectivity index (χ0n) is 18.2. The average Bonchev–Trinajstić information content (AvgIpc) is 2.74. The van der Waals surface area contributed by atoms with Gasteiger partial charge in [0.15, 0.2) is 0 Å². The molecule has 0 heterocycles. The fourth-order valence-electron chi connectivity index (χ4n) is 3.26. The van der Waals surface area contributed by atoms with Crippen LogP contribution in [0.2, 0.25) is 0 Å². The molecule has 164 valence electrons. The van der Waals surface area contributed by atoms with Gasteiger partial charge in [0.1, 0.15) is 12.6 Å². The number of esters is 1. The molecule has 1 atom stereocenters. The van der Waals surface area contributed by atoms with Crippen molar-refractivity contribution in [1.82, 2.24) is 5.32 Å². The van der Waals surface area contributed by atoms with E-state index in [9.17, 15) is 9.59 Å². The van der Waals surface area contributed by atoms with E-state index in [2.05, 4.69) is 12.2 Å². The highest BCUT2D eigenvalue weighted by atomic mass is 16.5. The van der Waals surface area contributed by atoms with E-state index in [1.54, 1.807) is 0 Å². The normalized spacial score (nSPS) is 11.8.